The first-order valence-electron chi connectivity index (χ1n) is 4.27. The van der Waals surface area contributed by atoms with E-state index in [1.807, 2.05) is 0 Å². The number of carboxylic acids is 1. The van der Waals surface area contributed by atoms with E-state index in [9.17, 15) is 9.18 Å². The third-order valence-electron chi connectivity index (χ3n) is 1.67. The Kier molecular flexibility index (Phi) is 4.19. The highest BCUT2D eigenvalue weighted by atomic mass is 32.1. The standard InChI is InChI=1S/C11H9FO2S/c12-10-5-4-9(11(13)14)7-8(10)3-1-2-6-15/h4-5,7,15H,2,6H2,(H,13,14). The zero-order valence-electron chi connectivity index (χ0n) is 7.83. The fraction of sp³-hybridized carbons (Fsp3) is 0.182. The van der Waals surface area contributed by atoms with Gasteiger partial charge in [-0.05, 0) is 18.2 Å². The molecule has 0 aliphatic heterocycles. The minimum absolute atomic E-state index is 0.0339. The van der Waals surface area contributed by atoms with Gasteiger partial charge in [0.15, 0.2) is 0 Å². The minimum Gasteiger partial charge on any atom is -0.478 e. The molecular formula is C11H9FO2S. The van der Waals surface area contributed by atoms with Crippen molar-refractivity contribution in [1.82, 2.24) is 0 Å². The van der Waals surface area contributed by atoms with E-state index in [4.69, 9.17) is 5.11 Å². The number of carboxylic acid groups (broad SMARTS) is 1. The third kappa shape index (κ3) is 3.30. The number of rotatable bonds is 2. The Labute approximate surface area is 92.5 Å². The summed E-state index contributed by atoms with van der Waals surface area (Å²) >= 11 is 3.96. The largest absolute Gasteiger partial charge is 0.478 e. The van der Waals surface area contributed by atoms with Crippen molar-refractivity contribution in [2.45, 2.75) is 6.42 Å². The van der Waals surface area contributed by atoms with Gasteiger partial charge in [-0.2, -0.15) is 12.6 Å². The second kappa shape index (κ2) is 5.42. The van der Waals surface area contributed by atoms with Crippen LogP contribution < -0.4 is 0 Å². The Bertz CT molecular complexity index is 432. The molecule has 0 saturated heterocycles. The molecule has 0 fully saturated rings. The summed E-state index contributed by atoms with van der Waals surface area (Å²) in [5.74, 6) is 4.26. The zero-order chi connectivity index (χ0) is 11.3. The van der Waals surface area contributed by atoms with Crippen LogP contribution >= 0.6 is 12.6 Å². The molecule has 0 saturated carbocycles. The van der Waals surface area contributed by atoms with E-state index in [-0.39, 0.29) is 11.1 Å². The molecule has 0 aromatic heterocycles. The molecule has 0 heterocycles. The second-order valence-electron chi connectivity index (χ2n) is 2.78. The average molecular weight is 224 g/mol. The SMILES string of the molecule is O=C(O)c1ccc(F)c(C#CCCS)c1. The summed E-state index contributed by atoms with van der Waals surface area (Å²) in [5, 5.41) is 8.69. The maximum absolute atomic E-state index is 13.1. The first-order chi connectivity index (χ1) is 7.15. The monoisotopic (exact) mass is 224 g/mol. The van der Waals surface area contributed by atoms with Crippen molar-refractivity contribution in [3.05, 3.63) is 35.1 Å². The molecule has 2 nitrogen and oxygen atoms in total. The maximum atomic E-state index is 13.1. The van der Waals surface area contributed by atoms with Crippen LogP contribution in [0.1, 0.15) is 22.3 Å². The molecule has 1 rings (SSSR count). The topological polar surface area (TPSA) is 37.3 Å². The fourth-order valence-electron chi connectivity index (χ4n) is 0.968. The summed E-state index contributed by atoms with van der Waals surface area (Å²) < 4.78 is 13.1. The normalized spacial score (nSPS) is 9.20. The lowest BCUT2D eigenvalue weighted by Crippen LogP contribution is -1.97. The van der Waals surface area contributed by atoms with Crippen LogP contribution in [0.2, 0.25) is 0 Å². The van der Waals surface area contributed by atoms with Gasteiger partial charge in [-0.25, -0.2) is 9.18 Å². The van der Waals surface area contributed by atoms with Gasteiger partial charge in [0.2, 0.25) is 0 Å². The van der Waals surface area contributed by atoms with Crippen LogP contribution in [0.3, 0.4) is 0 Å². The van der Waals surface area contributed by atoms with Gasteiger partial charge in [0.05, 0.1) is 11.1 Å². The molecule has 0 atom stereocenters. The molecule has 0 spiro atoms. The Hall–Kier alpha value is -1.47. The van der Waals surface area contributed by atoms with Crippen LogP contribution in [-0.4, -0.2) is 16.8 Å². The lowest BCUT2D eigenvalue weighted by Gasteiger charge is -1.97. The number of aromatic carboxylic acids is 1. The van der Waals surface area contributed by atoms with Crippen LogP contribution in [-0.2, 0) is 0 Å². The van der Waals surface area contributed by atoms with Crippen molar-refractivity contribution >= 4 is 18.6 Å². The average Bonchev–Trinajstić information content (AvgIpc) is 2.20. The van der Waals surface area contributed by atoms with Crippen LogP contribution in [0.15, 0.2) is 18.2 Å². The zero-order valence-corrected chi connectivity index (χ0v) is 8.72. The molecule has 0 aliphatic carbocycles. The fourth-order valence-corrected chi connectivity index (χ4v) is 1.08. The maximum Gasteiger partial charge on any atom is 0.335 e. The summed E-state index contributed by atoms with van der Waals surface area (Å²) in [5.41, 5.74) is 0.142. The minimum atomic E-state index is -1.09. The van der Waals surface area contributed by atoms with Crippen LogP contribution in [0.4, 0.5) is 4.39 Å². The van der Waals surface area contributed by atoms with Gasteiger partial charge in [0, 0.05) is 12.2 Å². The third-order valence-corrected chi connectivity index (χ3v) is 1.90. The van der Waals surface area contributed by atoms with Crippen LogP contribution in [0.5, 0.6) is 0 Å². The predicted molar refractivity (Wildman–Crippen MR) is 58.7 cm³/mol. The van der Waals surface area contributed by atoms with Crippen molar-refractivity contribution in [3.8, 4) is 11.8 Å². The smallest absolute Gasteiger partial charge is 0.335 e. The van der Waals surface area contributed by atoms with E-state index in [1.54, 1.807) is 0 Å². The van der Waals surface area contributed by atoms with Crippen LogP contribution in [0.25, 0.3) is 0 Å². The van der Waals surface area contributed by atoms with Crippen molar-refractivity contribution in [3.63, 3.8) is 0 Å². The number of carbonyl (C=O) groups is 1. The molecule has 0 aliphatic rings. The molecule has 1 aromatic rings. The van der Waals surface area contributed by atoms with E-state index in [0.717, 1.165) is 6.07 Å². The highest BCUT2D eigenvalue weighted by Crippen LogP contribution is 2.09. The second-order valence-corrected chi connectivity index (χ2v) is 3.22. The quantitative estimate of drug-likeness (QED) is 0.597. The van der Waals surface area contributed by atoms with Gasteiger partial charge in [-0.1, -0.05) is 11.8 Å². The van der Waals surface area contributed by atoms with Gasteiger partial charge in [0.25, 0.3) is 0 Å². The van der Waals surface area contributed by atoms with Crippen molar-refractivity contribution in [1.29, 1.82) is 0 Å². The molecule has 0 radical (unpaired) electrons. The lowest BCUT2D eigenvalue weighted by molar-refractivity contribution is 0.0697. The van der Waals surface area contributed by atoms with Gasteiger partial charge in [-0.3, -0.25) is 0 Å². The number of hydrogen-bond acceptors (Lipinski definition) is 2. The molecule has 1 aromatic carbocycles. The molecule has 78 valence electrons. The number of halogens is 1. The summed E-state index contributed by atoms with van der Waals surface area (Å²) in [6.45, 7) is 0. The molecular weight excluding hydrogens is 215 g/mol. The lowest BCUT2D eigenvalue weighted by atomic mass is 10.1. The Morgan fingerprint density at radius 1 is 1.53 bits per heavy atom. The molecule has 0 unspecified atom stereocenters. The summed E-state index contributed by atoms with van der Waals surface area (Å²) in [6, 6.07) is 3.54. The number of hydrogen-bond donors (Lipinski definition) is 2. The van der Waals surface area contributed by atoms with Crippen LogP contribution in [0, 0.1) is 17.7 Å². The molecule has 0 bridgehead atoms. The highest BCUT2D eigenvalue weighted by Gasteiger charge is 2.06. The summed E-state index contributed by atoms with van der Waals surface area (Å²) in [6.07, 6.45) is 0.542. The predicted octanol–water partition coefficient (Wildman–Crippen LogP) is 2.20. The Morgan fingerprint density at radius 3 is 2.87 bits per heavy atom. The highest BCUT2D eigenvalue weighted by molar-refractivity contribution is 7.80. The number of benzene rings is 1. The van der Waals surface area contributed by atoms with Gasteiger partial charge < -0.3 is 5.11 Å². The van der Waals surface area contributed by atoms with E-state index >= 15 is 0 Å². The first kappa shape index (κ1) is 11.6. The van der Waals surface area contributed by atoms with Gasteiger partial charge >= 0.3 is 5.97 Å². The summed E-state index contributed by atoms with van der Waals surface area (Å²) in [7, 11) is 0. The van der Waals surface area contributed by atoms with Gasteiger partial charge in [0.1, 0.15) is 5.82 Å². The first-order valence-corrected chi connectivity index (χ1v) is 4.91. The number of thiol groups is 1. The molecule has 4 heteroatoms. The van der Waals surface area contributed by atoms with Crippen molar-refractivity contribution in [2.24, 2.45) is 0 Å². The van der Waals surface area contributed by atoms with Gasteiger partial charge in [-0.15, -0.1) is 0 Å². The van der Waals surface area contributed by atoms with E-state index in [0.29, 0.717) is 12.2 Å². The van der Waals surface area contributed by atoms with E-state index in [1.165, 1.54) is 12.1 Å². The van der Waals surface area contributed by atoms with E-state index in [2.05, 4.69) is 24.5 Å². The van der Waals surface area contributed by atoms with E-state index < -0.39 is 11.8 Å². The molecule has 0 amide bonds. The Morgan fingerprint density at radius 2 is 2.27 bits per heavy atom. The Balaban J connectivity index is 3.02. The van der Waals surface area contributed by atoms with Crippen molar-refractivity contribution in [2.75, 3.05) is 5.75 Å². The molecule has 1 N–H and O–H groups in total. The summed E-state index contributed by atoms with van der Waals surface area (Å²) in [4.78, 5) is 10.6. The molecule has 15 heavy (non-hydrogen) atoms. The van der Waals surface area contributed by atoms with Crippen molar-refractivity contribution < 1.29 is 14.3 Å².